The van der Waals surface area contributed by atoms with Gasteiger partial charge in [0.1, 0.15) is 5.69 Å². The van der Waals surface area contributed by atoms with E-state index >= 15 is 0 Å². The molecule has 2 heterocycles. The Kier molecular flexibility index (Phi) is 3.23. The molecule has 20 heavy (non-hydrogen) atoms. The molecule has 0 saturated heterocycles. The maximum atomic E-state index is 5.81. The van der Waals surface area contributed by atoms with Crippen LogP contribution in [0.1, 0.15) is 5.56 Å². The normalized spacial score (nSPS) is 10.7. The van der Waals surface area contributed by atoms with Crippen molar-refractivity contribution in [3.63, 3.8) is 0 Å². The highest BCUT2D eigenvalue weighted by Gasteiger charge is 2.13. The van der Waals surface area contributed by atoms with Crippen LogP contribution in [0.3, 0.4) is 0 Å². The maximum Gasteiger partial charge on any atom is 0.258 e. The lowest BCUT2D eigenvalue weighted by Gasteiger charge is -1.99. The third-order valence-corrected chi connectivity index (χ3v) is 3.27. The van der Waals surface area contributed by atoms with Crippen molar-refractivity contribution in [2.45, 2.75) is 6.92 Å². The minimum atomic E-state index is 0.415. The predicted molar refractivity (Wildman–Crippen MR) is 79.8 cm³/mol. The van der Waals surface area contributed by atoms with Crippen LogP contribution < -0.4 is 5.73 Å². The summed E-state index contributed by atoms with van der Waals surface area (Å²) in [6, 6.07) is 9.29. The van der Waals surface area contributed by atoms with Crippen molar-refractivity contribution in [1.82, 2.24) is 15.1 Å². The van der Waals surface area contributed by atoms with Crippen molar-refractivity contribution < 1.29 is 4.52 Å². The van der Waals surface area contributed by atoms with Gasteiger partial charge in [-0.05, 0) is 36.8 Å². The van der Waals surface area contributed by atoms with Gasteiger partial charge < -0.3 is 10.3 Å². The van der Waals surface area contributed by atoms with Crippen molar-refractivity contribution in [1.29, 1.82) is 0 Å². The van der Waals surface area contributed by atoms with Gasteiger partial charge in [-0.3, -0.25) is 4.98 Å². The van der Waals surface area contributed by atoms with Crippen molar-refractivity contribution in [2.75, 3.05) is 5.73 Å². The number of benzene rings is 1. The second kappa shape index (κ2) is 5.05. The first-order valence-corrected chi connectivity index (χ1v) is 6.75. The molecule has 2 aromatic heterocycles. The number of pyridine rings is 1. The lowest BCUT2D eigenvalue weighted by Crippen LogP contribution is -1.89. The number of nitrogen functional groups attached to an aromatic ring is 1. The highest BCUT2D eigenvalue weighted by molar-refractivity contribution is 9.10. The first-order chi connectivity index (χ1) is 9.63. The minimum Gasteiger partial charge on any atom is -0.399 e. The lowest BCUT2D eigenvalue weighted by atomic mass is 10.2. The van der Waals surface area contributed by atoms with Crippen LogP contribution >= 0.6 is 15.9 Å². The van der Waals surface area contributed by atoms with Crippen molar-refractivity contribution >= 4 is 21.6 Å². The largest absolute Gasteiger partial charge is 0.399 e. The minimum absolute atomic E-state index is 0.415. The number of aryl methyl sites for hydroxylation is 1. The molecule has 6 heteroatoms. The Hall–Kier alpha value is -2.21. The third-order valence-electron chi connectivity index (χ3n) is 2.81. The SMILES string of the molecule is Cc1cccnc1-c1noc(-c2cc(N)cc(Br)c2)n1. The molecule has 0 bridgehead atoms. The van der Waals surface area contributed by atoms with Crippen molar-refractivity contribution in [3.05, 3.63) is 46.6 Å². The van der Waals surface area contributed by atoms with Crippen LogP contribution in [0.15, 0.2) is 45.5 Å². The second-order valence-electron chi connectivity index (χ2n) is 4.37. The van der Waals surface area contributed by atoms with Crippen molar-refractivity contribution in [3.8, 4) is 23.0 Å². The van der Waals surface area contributed by atoms with E-state index in [2.05, 4.69) is 31.1 Å². The molecule has 0 aliphatic heterocycles. The number of hydrogen-bond acceptors (Lipinski definition) is 5. The molecule has 5 nitrogen and oxygen atoms in total. The fourth-order valence-electron chi connectivity index (χ4n) is 1.89. The zero-order valence-electron chi connectivity index (χ0n) is 10.7. The zero-order valence-corrected chi connectivity index (χ0v) is 12.3. The van der Waals surface area contributed by atoms with Gasteiger partial charge in [-0.1, -0.05) is 27.2 Å². The summed E-state index contributed by atoms with van der Waals surface area (Å²) in [4.78, 5) is 8.65. The predicted octanol–water partition coefficient (Wildman–Crippen LogP) is 3.45. The molecule has 0 unspecified atom stereocenters. The molecule has 1 aromatic carbocycles. The Balaban J connectivity index is 2.04. The summed E-state index contributed by atoms with van der Waals surface area (Å²) in [5.41, 5.74) is 8.91. The van der Waals surface area contributed by atoms with E-state index in [9.17, 15) is 0 Å². The van der Waals surface area contributed by atoms with E-state index in [4.69, 9.17) is 10.3 Å². The first kappa shape index (κ1) is 12.8. The first-order valence-electron chi connectivity index (χ1n) is 5.95. The van der Waals surface area contributed by atoms with Gasteiger partial charge in [-0.25, -0.2) is 0 Å². The van der Waals surface area contributed by atoms with Crippen molar-refractivity contribution in [2.24, 2.45) is 0 Å². The van der Waals surface area contributed by atoms with Gasteiger partial charge in [0.25, 0.3) is 5.89 Å². The molecule has 100 valence electrons. The molecule has 2 N–H and O–H groups in total. The average Bonchev–Trinajstić information content (AvgIpc) is 2.87. The topological polar surface area (TPSA) is 77.8 Å². The number of nitrogens with two attached hydrogens (primary N) is 1. The molecule has 0 atom stereocenters. The molecule has 3 rings (SSSR count). The lowest BCUT2D eigenvalue weighted by molar-refractivity contribution is 0.432. The van der Waals surface area contributed by atoms with Crippen LogP contribution in [0.5, 0.6) is 0 Å². The van der Waals surface area contributed by atoms with Gasteiger partial charge in [0, 0.05) is 21.9 Å². The monoisotopic (exact) mass is 330 g/mol. The van der Waals surface area contributed by atoms with E-state index in [1.165, 1.54) is 0 Å². The van der Waals surface area contributed by atoms with Crippen LogP contribution in [-0.4, -0.2) is 15.1 Å². The smallest absolute Gasteiger partial charge is 0.258 e. The Morgan fingerprint density at radius 2 is 2.10 bits per heavy atom. The summed E-state index contributed by atoms with van der Waals surface area (Å²) in [6.07, 6.45) is 1.70. The summed E-state index contributed by atoms with van der Waals surface area (Å²) in [5, 5.41) is 3.98. The molecule has 0 fully saturated rings. The van der Waals surface area contributed by atoms with Gasteiger partial charge >= 0.3 is 0 Å². The van der Waals surface area contributed by atoms with Gasteiger partial charge in [0.15, 0.2) is 0 Å². The van der Waals surface area contributed by atoms with E-state index < -0.39 is 0 Å². The zero-order chi connectivity index (χ0) is 14.1. The van der Waals surface area contributed by atoms with E-state index in [1.54, 1.807) is 12.3 Å². The van der Waals surface area contributed by atoms with E-state index in [0.29, 0.717) is 23.1 Å². The Bertz CT molecular complexity index is 749. The molecule has 0 aliphatic rings. The summed E-state index contributed by atoms with van der Waals surface area (Å²) in [6.45, 7) is 1.95. The number of halogens is 1. The Morgan fingerprint density at radius 3 is 2.85 bits per heavy atom. The third kappa shape index (κ3) is 2.42. The maximum absolute atomic E-state index is 5.81. The summed E-state index contributed by atoms with van der Waals surface area (Å²) >= 11 is 3.39. The number of nitrogens with zero attached hydrogens (tertiary/aromatic N) is 3. The average molecular weight is 331 g/mol. The standard InChI is InChI=1S/C14H11BrN4O/c1-8-3-2-4-17-12(8)13-18-14(20-19-13)9-5-10(15)7-11(16)6-9/h2-7H,16H2,1H3. The molecule has 0 spiro atoms. The van der Waals surface area contributed by atoms with Gasteiger partial charge in [-0.15, -0.1) is 0 Å². The van der Waals surface area contributed by atoms with Crippen LogP contribution in [0.25, 0.3) is 23.0 Å². The quantitative estimate of drug-likeness (QED) is 0.728. The molecule has 3 aromatic rings. The molecule has 0 amide bonds. The highest BCUT2D eigenvalue weighted by atomic mass is 79.9. The summed E-state index contributed by atoms with van der Waals surface area (Å²) in [5.74, 6) is 0.884. The van der Waals surface area contributed by atoms with Crippen LogP contribution in [0.2, 0.25) is 0 Å². The Labute approximate surface area is 124 Å². The summed E-state index contributed by atoms with van der Waals surface area (Å²) in [7, 11) is 0. The molecule has 0 radical (unpaired) electrons. The van der Waals surface area contributed by atoms with Gasteiger partial charge in [0.05, 0.1) is 0 Å². The molecule has 0 saturated carbocycles. The number of anilines is 1. The summed E-state index contributed by atoms with van der Waals surface area (Å²) < 4.78 is 6.15. The second-order valence-corrected chi connectivity index (χ2v) is 5.28. The number of hydrogen-bond donors (Lipinski definition) is 1. The van der Waals surface area contributed by atoms with Crippen LogP contribution in [0, 0.1) is 6.92 Å². The Morgan fingerprint density at radius 1 is 1.25 bits per heavy atom. The highest BCUT2D eigenvalue weighted by Crippen LogP contribution is 2.27. The molecule has 0 aliphatic carbocycles. The molecular weight excluding hydrogens is 320 g/mol. The van der Waals surface area contributed by atoms with E-state index in [0.717, 1.165) is 15.6 Å². The fraction of sp³-hybridized carbons (Fsp3) is 0.0714. The van der Waals surface area contributed by atoms with E-state index in [-0.39, 0.29) is 0 Å². The van der Waals surface area contributed by atoms with Gasteiger partial charge in [-0.2, -0.15) is 4.98 Å². The number of aromatic nitrogens is 3. The van der Waals surface area contributed by atoms with Crippen LogP contribution in [0.4, 0.5) is 5.69 Å². The fourth-order valence-corrected chi connectivity index (χ4v) is 2.40. The van der Waals surface area contributed by atoms with Crippen LogP contribution in [-0.2, 0) is 0 Å². The van der Waals surface area contributed by atoms with E-state index in [1.807, 2.05) is 31.2 Å². The molecular formula is C14H11BrN4O. The number of rotatable bonds is 2. The van der Waals surface area contributed by atoms with Gasteiger partial charge in [0.2, 0.25) is 5.82 Å².